The van der Waals surface area contributed by atoms with Crippen molar-refractivity contribution in [3.8, 4) is 0 Å². The molecule has 1 fully saturated rings. The van der Waals surface area contributed by atoms with Crippen LogP contribution in [0.1, 0.15) is 26.2 Å². The Morgan fingerprint density at radius 3 is 2.50 bits per heavy atom. The summed E-state index contributed by atoms with van der Waals surface area (Å²) in [5, 5.41) is 0. The van der Waals surface area contributed by atoms with Gasteiger partial charge in [-0.25, -0.2) is 0 Å². The van der Waals surface area contributed by atoms with E-state index in [1.807, 2.05) is 11.8 Å². The third kappa shape index (κ3) is 3.01. The molecule has 1 aliphatic heterocycles. The van der Waals surface area contributed by atoms with Gasteiger partial charge in [0.2, 0.25) is 0 Å². The van der Waals surface area contributed by atoms with Crippen molar-refractivity contribution in [1.82, 2.24) is 4.90 Å². The van der Waals surface area contributed by atoms with Gasteiger partial charge in [0.15, 0.2) is 0 Å². The summed E-state index contributed by atoms with van der Waals surface area (Å²) >= 11 is 0. The van der Waals surface area contributed by atoms with Crippen molar-refractivity contribution in [3.63, 3.8) is 0 Å². The summed E-state index contributed by atoms with van der Waals surface area (Å²) in [6.07, 6.45) is -2.59. The number of rotatable bonds is 2. The van der Waals surface area contributed by atoms with Crippen LogP contribution in [-0.2, 0) is 0 Å². The Morgan fingerprint density at radius 2 is 2.08 bits per heavy atom. The average molecular weight is 181 g/mol. The van der Waals surface area contributed by atoms with Crippen molar-refractivity contribution in [2.45, 2.75) is 38.4 Å². The highest BCUT2D eigenvalue weighted by Gasteiger charge is 2.30. The van der Waals surface area contributed by atoms with Crippen molar-refractivity contribution >= 4 is 0 Å². The molecule has 0 N–H and O–H groups in total. The van der Waals surface area contributed by atoms with E-state index in [9.17, 15) is 13.2 Å². The molecule has 4 heteroatoms. The quantitative estimate of drug-likeness (QED) is 0.632. The van der Waals surface area contributed by atoms with Crippen LogP contribution in [0, 0.1) is 0 Å². The van der Waals surface area contributed by atoms with Crippen LogP contribution in [0.2, 0.25) is 0 Å². The number of halogens is 3. The zero-order chi connectivity index (χ0) is 9.19. The highest BCUT2D eigenvalue weighted by molar-refractivity contribution is 4.75. The van der Waals surface area contributed by atoms with Gasteiger partial charge in [0, 0.05) is 12.6 Å². The van der Waals surface area contributed by atoms with E-state index in [0.29, 0.717) is 6.04 Å². The number of hydrogen-bond donors (Lipinski definition) is 0. The Labute approximate surface area is 70.5 Å². The van der Waals surface area contributed by atoms with E-state index in [0.717, 1.165) is 19.4 Å². The second-order valence-corrected chi connectivity index (χ2v) is 3.39. The topological polar surface area (TPSA) is 3.24 Å². The molecule has 0 aliphatic carbocycles. The zero-order valence-corrected chi connectivity index (χ0v) is 7.19. The van der Waals surface area contributed by atoms with Gasteiger partial charge in [-0.2, -0.15) is 13.2 Å². The summed E-state index contributed by atoms with van der Waals surface area (Å²) in [4.78, 5) is 1.91. The minimum atomic E-state index is -4.00. The Balaban J connectivity index is 2.23. The van der Waals surface area contributed by atoms with E-state index in [1.165, 1.54) is 0 Å². The van der Waals surface area contributed by atoms with Gasteiger partial charge >= 0.3 is 6.18 Å². The third-order valence-electron chi connectivity index (χ3n) is 2.37. The molecule has 1 aliphatic rings. The molecule has 1 nitrogen and oxygen atoms in total. The number of likely N-dealkylation sites (tertiary alicyclic amines) is 1. The van der Waals surface area contributed by atoms with E-state index in [1.54, 1.807) is 0 Å². The number of nitrogens with zero attached hydrogens (tertiary/aromatic N) is 1. The molecule has 0 aromatic heterocycles. The minimum Gasteiger partial charge on any atom is -0.300 e. The van der Waals surface area contributed by atoms with Crippen LogP contribution in [-0.4, -0.2) is 30.2 Å². The van der Waals surface area contributed by atoms with Gasteiger partial charge in [-0.3, -0.25) is 0 Å². The molecule has 72 valence electrons. The van der Waals surface area contributed by atoms with Crippen molar-refractivity contribution in [2.75, 3.05) is 13.1 Å². The van der Waals surface area contributed by atoms with E-state index in [-0.39, 0.29) is 6.54 Å². The first-order chi connectivity index (χ1) is 5.49. The van der Waals surface area contributed by atoms with Crippen molar-refractivity contribution < 1.29 is 13.2 Å². The highest BCUT2D eigenvalue weighted by Crippen LogP contribution is 2.23. The second kappa shape index (κ2) is 3.64. The van der Waals surface area contributed by atoms with Crippen LogP contribution in [0.3, 0.4) is 0 Å². The molecule has 1 heterocycles. The maximum absolute atomic E-state index is 11.8. The fourth-order valence-corrected chi connectivity index (χ4v) is 1.60. The zero-order valence-electron chi connectivity index (χ0n) is 7.19. The largest absolute Gasteiger partial charge is 0.390 e. The van der Waals surface area contributed by atoms with Gasteiger partial charge < -0.3 is 4.90 Å². The van der Waals surface area contributed by atoms with Crippen LogP contribution in [0.15, 0.2) is 0 Å². The van der Waals surface area contributed by atoms with Gasteiger partial charge in [0.1, 0.15) is 0 Å². The normalized spacial score (nSPS) is 26.5. The molecule has 0 radical (unpaired) electrons. The summed E-state index contributed by atoms with van der Waals surface area (Å²) in [5.41, 5.74) is 0. The standard InChI is InChI=1S/C8H14F3N/c1-7-3-2-5-12(7)6-4-8(9,10)11/h7H,2-6H2,1H3. The highest BCUT2D eigenvalue weighted by atomic mass is 19.4. The van der Waals surface area contributed by atoms with E-state index >= 15 is 0 Å². The van der Waals surface area contributed by atoms with Crippen molar-refractivity contribution in [1.29, 1.82) is 0 Å². The van der Waals surface area contributed by atoms with Crippen LogP contribution in [0.25, 0.3) is 0 Å². The average Bonchev–Trinajstić information content (AvgIpc) is 2.29. The predicted molar refractivity (Wildman–Crippen MR) is 40.9 cm³/mol. The SMILES string of the molecule is CC1CCCN1CCC(F)(F)F. The molecule has 0 bridgehead atoms. The molecule has 0 saturated carbocycles. The Morgan fingerprint density at radius 1 is 1.42 bits per heavy atom. The Hall–Kier alpha value is -0.250. The smallest absolute Gasteiger partial charge is 0.300 e. The van der Waals surface area contributed by atoms with E-state index in [2.05, 4.69) is 0 Å². The molecule has 1 rings (SSSR count). The molecule has 1 saturated heterocycles. The fourth-order valence-electron chi connectivity index (χ4n) is 1.60. The first kappa shape index (κ1) is 9.84. The molecule has 12 heavy (non-hydrogen) atoms. The summed E-state index contributed by atoms with van der Waals surface area (Å²) in [6.45, 7) is 2.99. The van der Waals surface area contributed by atoms with Crippen LogP contribution < -0.4 is 0 Å². The molecule has 0 amide bonds. The maximum Gasteiger partial charge on any atom is 0.390 e. The molecular weight excluding hydrogens is 167 g/mol. The summed E-state index contributed by atoms with van der Waals surface area (Å²) in [5.74, 6) is 0. The lowest BCUT2D eigenvalue weighted by Gasteiger charge is -2.21. The summed E-state index contributed by atoms with van der Waals surface area (Å²) in [7, 11) is 0. The number of hydrogen-bond acceptors (Lipinski definition) is 1. The fraction of sp³-hybridized carbons (Fsp3) is 1.00. The van der Waals surface area contributed by atoms with Crippen LogP contribution in [0.5, 0.6) is 0 Å². The summed E-state index contributed by atoms with van der Waals surface area (Å²) in [6, 6.07) is 0.340. The van der Waals surface area contributed by atoms with Gasteiger partial charge in [-0.15, -0.1) is 0 Å². The second-order valence-electron chi connectivity index (χ2n) is 3.39. The van der Waals surface area contributed by atoms with Crippen molar-refractivity contribution in [3.05, 3.63) is 0 Å². The minimum absolute atomic E-state index is 0.171. The predicted octanol–water partition coefficient (Wildman–Crippen LogP) is 2.42. The van der Waals surface area contributed by atoms with Crippen LogP contribution in [0.4, 0.5) is 13.2 Å². The van der Waals surface area contributed by atoms with E-state index < -0.39 is 12.6 Å². The monoisotopic (exact) mass is 181 g/mol. The lowest BCUT2D eigenvalue weighted by Crippen LogP contribution is -2.30. The lowest BCUT2D eigenvalue weighted by molar-refractivity contribution is -0.138. The maximum atomic E-state index is 11.8. The lowest BCUT2D eigenvalue weighted by atomic mass is 10.2. The van der Waals surface area contributed by atoms with Gasteiger partial charge in [-0.1, -0.05) is 0 Å². The third-order valence-corrected chi connectivity index (χ3v) is 2.37. The van der Waals surface area contributed by atoms with Gasteiger partial charge in [0.25, 0.3) is 0 Å². The Bertz CT molecular complexity index is 144. The Kier molecular flexibility index (Phi) is 2.99. The molecular formula is C8H14F3N. The molecule has 0 aromatic rings. The van der Waals surface area contributed by atoms with Gasteiger partial charge in [-0.05, 0) is 26.3 Å². The molecule has 0 spiro atoms. The first-order valence-electron chi connectivity index (χ1n) is 4.30. The van der Waals surface area contributed by atoms with Crippen molar-refractivity contribution in [2.24, 2.45) is 0 Å². The molecule has 0 aromatic carbocycles. The van der Waals surface area contributed by atoms with Crippen LogP contribution >= 0.6 is 0 Å². The molecule has 1 atom stereocenters. The van der Waals surface area contributed by atoms with Gasteiger partial charge in [0.05, 0.1) is 6.42 Å². The first-order valence-corrected chi connectivity index (χ1v) is 4.30. The van der Waals surface area contributed by atoms with E-state index in [4.69, 9.17) is 0 Å². The summed E-state index contributed by atoms with van der Waals surface area (Å²) < 4.78 is 35.4. The molecule has 1 unspecified atom stereocenters. The number of alkyl halides is 3.